The van der Waals surface area contributed by atoms with Crippen molar-refractivity contribution >= 4 is 23.6 Å². The number of rotatable bonds is 4. The topological polar surface area (TPSA) is 43.9 Å². The standard InChI is InChI=1S/C19H33N3O2S/c1-15(2)18(23)21-9-7-20(8-10-21)17(16-5-3-4-6-16)19(24)22-11-13-25-14-12-22/h15-17H,3-14H2,1-2H3/t17-/m1/s1. The summed E-state index contributed by atoms with van der Waals surface area (Å²) in [4.78, 5) is 32.0. The molecule has 2 amide bonds. The average molecular weight is 368 g/mol. The van der Waals surface area contributed by atoms with Crippen LogP contribution in [-0.2, 0) is 9.59 Å². The summed E-state index contributed by atoms with van der Waals surface area (Å²) in [6.07, 6.45) is 4.89. The second-order valence-corrected chi connectivity index (χ2v) is 9.17. The Hall–Kier alpha value is -0.750. The highest BCUT2D eigenvalue weighted by atomic mass is 32.2. The first kappa shape index (κ1) is 19.0. The predicted molar refractivity (Wildman–Crippen MR) is 103 cm³/mol. The molecule has 0 unspecified atom stereocenters. The summed E-state index contributed by atoms with van der Waals surface area (Å²) in [6.45, 7) is 8.95. The van der Waals surface area contributed by atoms with Crippen LogP contribution in [0.25, 0.3) is 0 Å². The number of amides is 2. The maximum Gasteiger partial charge on any atom is 0.240 e. The van der Waals surface area contributed by atoms with E-state index in [0.29, 0.717) is 11.8 Å². The van der Waals surface area contributed by atoms with Gasteiger partial charge in [0.05, 0.1) is 6.04 Å². The molecule has 2 aliphatic heterocycles. The molecule has 142 valence electrons. The van der Waals surface area contributed by atoms with E-state index >= 15 is 0 Å². The summed E-state index contributed by atoms with van der Waals surface area (Å²) < 4.78 is 0. The molecule has 5 nitrogen and oxygen atoms in total. The second kappa shape index (κ2) is 8.76. The van der Waals surface area contributed by atoms with E-state index < -0.39 is 0 Å². The van der Waals surface area contributed by atoms with E-state index in [0.717, 1.165) is 50.8 Å². The molecule has 3 rings (SSSR count). The Balaban J connectivity index is 1.65. The van der Waals surface area contributed by atoms with Crippen LogP contribution in [-0.4, -0.2) is 83.3 Å². The molecule has 2 heterocycles. The Morgan fingerprint density at radius 2 is 1.40 bits per heavy atom. The Bertz CT molecular complexity index is 465. The van der Waals surface area contributed by atoms with Gasteiger partial charge in [-0.1, -0.05) is 26.7 Å². The van der Waals surface area contributed by atoms with Crippen molar-refractivity contribution in [3.63, 3.8) is 0 Å². The Kier molecular flexibility index (Phi) is 6.67. The smallest absolute Gasteiger partial charge is 0.240 e. The van der Waals surface area contributed by atoms with E-state index in [4.69, 9.17) is 0 Å². The second-order valence-electron chi connectivity index (χ2n) is 7.94. The first-order valence-corrected chi connectivity index (χ1v) is 11.1. The minimum Gasteiger partial charge on any atom is -0.340 e. The van der Waals surface area contributed by atoms with Crippen LogP contribution in [0.2, 0.25) is 0 Å². The van der Waals surface area contributed by atoms with E-state index in [2.05, 4.69) is 9.80 Å². The molecule has 1 saturated carbocycles. The lowest BCUT2D eigenvalue weighted by atomic mass is 9.94. The van der Waals surface area contributed by atoms with Crippen LogP contribution in [0.3, 0.4) is 0 Å². The van der Waals surface area contributed by atoms with Gasteiger partial charge in [0.2, 0.25) is 11.8 Å². The fourth-order valence-corrected chi connectivity index (χ4v) is 5.39. The first-order valence-electron chi connectivity index (χ1n) is 9.97. The molecule has 0 aromatic rings. The van der Waals surface area contributed by atoms with Gasteiger partial charge in [0.25, 0.3) is 0 Å². The highest BCUT2D eigenvalue weighted by molar-refractivity contribution is 7.99. The van der Waals surface area contributed by atoms with Crippen LogP contribution < -0.4 is 0 Å². The van der Waals surface area contributed by atoms with E-state index in [1.807, 2.05) is 30.5 Å². The van der Waals surface area contributed by atoms with E-state index in [1.165, 1.54) is 25.7 Å². The molecular weight excluding hydrogens is 334 g/mol. The molecule has 0 aromatic heterocycles. The Morgan fingerprint density at radius 1 is 0.840 bits per heavy atom. The molecule has 0 spiro atoms. The van der Waals surface area contributed by atoms with Gasteiger partial charge in [-0.05, 0) is 18.8 Å². The number of carbonyl (C=O) groups excluding carboxylic acids is 2. The van der Waals surface area contributed by atoms with Crippen molar-refractivity contribution in [1.82, 2.24) is 14.7 Å². The number of piperazine rings is 1. The van der Waals surface area contributed by atoms with Gasteiger partial charge < -0.3 is 9.80 Å². The lowest BCUT2D eigenvalue weighted by Gasteiger charge is -2.43. The normalized spacial score (nSPS) is 24.8. The van der Waals surface area contributed by atoms with E-state index in [-0.39, 0.29) is 17.9 Å². The van der Waals surface area contributed by atoms with Crippen molar-refractivity contribution in [2.24, 2.45) is 11.8 Å². The monoisotopic (exact) mass is 367 g/mol. The van der Waals surface area contributed by atoms with Crippen LogP contribution in [0.5, 0.6) is 0 Å². The lowest BCUT2D eigenvalue weighted by molar-refractivity contribution is -0.142. The van der Waals surface area contributed by atoms with Crippen molar-refractivity contribution in [1.29, 1.82) is 0 Å². The minimum atomic E-state index is 0.0434. The molecule has 3 fully saturated rings. The number of thioether (sulfide) groups is 1. The summed E-state index contributed by atoms with van der Waals surface area (Å²) in [6, 6.07) is 0.0434. The Labute approximate surface area is 156 Å². The molecule has 0 aromatic carbocycles. The van der Waals surface area contributed by atoms with Crippen molar-refractivity contribution in [3.8, 4) is 0 Å². The number of hydrogen-bond acceptors (Lipinski definition) is 4. The largest absolute Gasteiger partial charge is 0.340 e. The van der Waals surface area contributed by atoms with Gasteiger partial charge in [-0.3, -0.25) is 14.5 Å². The van der Waals surface area contributed by atoms with Gasteiger partial charge >= 0.3 is 0 Å². The van der Waals surface area contributed by atoms with Crippen molar-refractivity contribution in [2.45, 2.75) is 45.6 Å². The maximum absolute atomic E-state index is 13.3. The van der Waals surface area contributed by atoms with E-state index in [9.17, 15) is 9.59 Å². The van der Waals surface area contributed by atoms with Crippen LogP contribution >= 0.6 is 11.8 Å². The molecule has 2 saturated heterocycles. The molecule has 25 heavy (non-hydrogen) atoms. The fourth-order valence-electron chi connectivity index (χ4n) is 4.49. The fraction of sp³-hybridized carbons (Fsp3) is 0.895. The van der Waals surface area contributed by atoms with Gasteiger partial charge in [0.15, 0.2) is 0 Å². The summed E-state index contributed by atoms with van der Waals surface area (Å²) in [5.74, 6) is 3.31. The Morgan fingerprint density at radius 3 is 1.96 bits per heavy atom. The zero-order chi connectivity index (χ0) is 17.8. The van der Waals surface area contributed by atoms with Crippen LogP contribution in [0, 0.1) is 11.8 Å². The number of nitrogens with zero attached hydrogens (tertiary/aromatic N) is 3. The zero-order valence-electron chi connectivity index (χ0n) is 15.8. The number of carbonyl (C=O) groups is 2. The van der Waals surface area contributed by atoms with Crippen molar-refractivity contribution in [3.05, 3.63) is 0 Å². The summed E-state index contributed by atoms with van der Waals surface area (Å²) in [5.41, 5.74) is 0. The van der Waals surface area contributed by atoms with Gasteiger partial charge in [0, 0.05) is 56.7 Å². The average Bonchev–Trinajstić information content (AvgIpc) is 3.16. The van der Waals surface area contributed by atoms with E-state index in [1.54, 1.807) is 0 Å². The molecule has 3 aliphatic rings. The zero-order valence-corrected chi connectivity index (χ0v) is 16.6. The molecule has 0 bridgehead atoms. The molecule has 1 aliphatic carbocycles. The summed E-state index contributed by atoms with van der Waals surface area (Å²) >= 11 is 1.95. The van der Waals surface area contributed by atoms with Crippen molar-refractivity contribution < 1.29 is 9.59 Å². The van der Waals surface area contributed by atoms with Gasteiger partial charge in [-0.2, -0.15) is 11.8 Å². The number of hydrogen-bond donors (Lipinski definition) is 0. The van der Waals surface area contributed by atoms with Crippen molar-refractivity contribution in [2.75, 3.05) is 50.8 Å². The predicted octanol–water partition coefficient (Wildman–Crippen LogP) is 1.92. The molecule has 0 N–H and O–H groups in total. The van der Waals surface area contributed by atoms with Crippen LogP contribution in [0.4, 0.5) is 0 Å². The first-order chi connectivity index (χ1) is 12.1. The summed E-state index contributed by atoms with van der Waals surface area (Å²) in [5, 5.41) is 0. The minimum absolute atomic E-state index is 0.0434. The third-order valence-corrected chi connectivity index (χ3v) is 6.88. The third-order valence-electron chi connectivity index (χ3n) is 5.94. The third kappa shape index (κ3) is 4.51. The van der Waals surface area contributed by atoms with Gasteiger partial charge in [0.1, 0.15) is 0 Å². The molecule has 1 atom stereocenters. The quantitative estimate of drug-likeness (QED) is 0.761. The molecular formula is C19H33N3O2S. The molecule has 0 radical (unpaired) electrons. The SMILES string of the molecule is CC(C)C(=O)N1CCN([C@@H](C(=O)N2CCSCC2)C2CCCC2)CC1. The highest BCUT2D eigenvalue weighted by Crippen LogP contribution is 2.32. The van der Waals surface area contributed by atoms with Gasteiger partial charge in [-0.25, -0.2) is 0 Å². The molecule has 6 heteroatoms. The highest BCUT2D eigenvalue weighted by Gasteiger charge is 2.39. The summed E-state index contributed by atoms with van der Waals surface area (Å²) in [7, 11) is 0. The van der Waals surface area contributed by atoms with Gasteiger partial charge in [-0.15, -0.1) is 0 Å². The lowest BCUT2D eigenvalue weighted by Crippen LogP contribution is -2.59. The maximum atomic E-state index is 13.3. The van der Waals surface area contributed by atoms with Crippen LogP contribution in [0.15, 0.2) is 0 Å². The van der Waals surface area contributed by atoms with Crippen LogP contribution in [0.1, 0.15) is 39.5 Å².